The maximum Gasteiger partial charge on any atom is 0.321 e. The summed E-state index contributed by atoms with van der Waals surface area (Å²) in [5.41, 5.74) is 0. The zero-order chi connectivity index (χ0) is 15.3. The van der Waals surface area contributed by atoms with Gasteiger partial charge in [-0.25, -0.2) is 8.42 Å². The van der Waals surface area contributed by atoms with Crippen molar-refractivity contribution in [1.82, 2.24) is 4.72 Å². The molecule has 0 aliphatic rings. The van der Waals surface area contributed by atoms with Gasteiger partial charge in [0, 0.05) is 6.07 Å². The van der Waals surface area contributed by atoms with E-state index >= 15 is 0 Å². The van der Waals surface area contributed by atoms with Gasteiger partial charge in [0.25, 0.3) is 0 Å². The van der Waals surface area contributed by atoms with Gasteiger partial charge >= 0.3 is 5.97 Å². The highest BCUT2D eigenvalue weighted by molar-refractivity contribution is 7.89. The van der Waals surface area contributed by atoms with E-state index in [1.54, 1.807) is 6.92 Å². The Morgan fingerprint density at radius 1 is 1.30 bits per heavy atom. The number of sulfonamides is 1. The number of nitrogens with one attached hydrogen (secondary N) is 1. The molecule has 0 fully saturated rings. The van der Waals surface area contributed by atoms with Crippen molar-refractivity contribution in [2.45, 2.75) is 24.3 Å². The lowest BCUT2D eigenvalue weighted by molar-refractivity contribution is -0.139. The fourth-order valence-electron chi connectivity index (χ4n) is 1.55. The van der Waals surface area contributed by atoms with Crippen LogP contribution in [-0.2, 0) is 14.8 Å². The van der Waals surface area contributed by atoms with E-state index in [-0.39, 0.29) is 17.1 Å². The summed E-state index contributed by atoms with van der Waals surface area (Å²) in [6, 6.07) is 2.86. The van der Waals surface area contributed by atoms with Crippen LogP contribution in [0.3, 0.4) is 0 Å². The van der Waals surface area contributed by atoms with E-state index in [9.17, 15) is 13.2 Å². The summed E-state index contributed by atoms with van der Waals surface area (Å²) >= 11 is 0. The summed E-state index contributed by atoms with van der Waals surface area (Å²) in [5, 5.41) is 8.89. The average molecular weight is 303 g/mol. The zero-order valence-electron chi connectivity index (χ0n) is 11.4. The Labute approximate surface area is 117 Å². The second kappa shape index (κ2) is 6.58. The Balaban J connectivity index is 3.12. The van der Waals surface area contributed by atoms with Crippen LogP contribution in [0.1, 0.15) is 13.3 Å². The number of hydrogen-bond donors (Lipinski definition) is 2. The molecule has 2 N–H and O–H groups in total. The van der Waals surface area contributed by atoms with Crippen molar-refractivity contribution in [3.8, 4) is 11.5 Å². The van der Waals surface area contributed by atoms with Crippen molar-refractivity contribution >= 4 is 16.0 Å². The molecular formula is C12H17NO6S. The molecule has 112 valence electrons. The number of rotatable bonds is 7. The Morgan fingerprint density at radius 3 is 2.35 bits per heavy atom. The molecule has 1 aromatic carbocycles. The first-order valence-corrected chi connectivity index (χ1v) is 7.31. The summed E-state index contributed by atoms with van der Waals surface area (Å²) < 4.78 is 36.4. The summed E-state index contributed by atoms with van der Waals surface area (Å²) in [4.78, 5) is 10.8. The molecular weight excluding hydrogens is 286 g/mol. The van der Waals surface area contributed by atoms with E-state index in [4.69, 9.17) is 14.6 Å². The molecule has 1 rings (SSSR count). The Morgan fingerprint density at radius 2 is 1.90 bits per heavy atom. The number of hydrogen-bond acceptors (Lipinski definition) is 5. The maximum absolute atomic E-state index is 12.1. The van der Waals surface area contributed by atoms with Crippen molar-refractivity contribution < 1.29 is 27.8 Å². The van der Waals surface area contributed by atoms with Gasteiger partial charge in [0.15, 0.2) is 11.5 Å². The van der Waals surface area contributed by atoms with Crippen LogP contribution < -0.4 is 14.2 Å². The molecule has 1 aromatic rings. The van der Waals surface area contributed by atoms with Gasteiger partial charge in [-0.15, -0.1) is 0 Å². The topological polar surface area (TPSA) is 102 Å². The van der Waals surface area contributed by atoms with Crippen LogP contribution in [0.25, 0.3) is 0 Å². The molecule has 0 amide bonds. The van der Waals surface area contributed by atoms with E-state index in [1.165, 1.54) is 32.4 Å². The van der Waals surface area contributed by atoms with Gasteiger partial charge in [0.2, 0.25) is 10.0 Å². The monoisotopic (exact) mass is 303 g/mol. The minimum atomic E-state index is -3.94. The molecule has 0 aliphatic heterocycles. The van der Waals surface area contributed by atoms with Crippen LogP contribution in [0.5, 0.6) is 11.5 Å². The quantitative estimate of drug-likeness (QED) is 0.774. The highest BCUT2D eigenvalue weighted by atomic mass is 32.2. The molecule has 8 heteroatoms. The fraction of sp³-hybridized carbons (Fsp3) is 0.417. The number of carboxylic acids is 1. The van der Waals surface area contributed by atoms with Crippen molar-refractivity contribution in [2.24, 2.45) is 0 Å². The predicted octanol–water partition coefficient (Wildman–Crippen LogP) is 0.845. The SMILES string of the molecule is CCC(NS(=O)(=O)c1ccc(OC)c(OC)c1)C(=O)O. The smallest absolute Gasteiger partial charge is 0.321 e. The maximum atomic E-state index is 12.1. The molecule has 1 atom stereocenters. The molecule has 0 aliphatic carbocycles. The summed E-state index contributed by atoms with van der Waals surface area (Å²) in [6.07, 6.45) is 0.141. The first-order chi connectivity index (χ1) is 9.35. The van der Waals surface area contributed by atoms with Crippen molar-refractivity contribution in [3.05, 3.63) is 18.2 Å². The molecule has 7 nitrogen and oxygen atoms in total. The standard InChI is InChI=1S/C12H17NO6S/c1-4-9(12(14)15)13-20(16,17)8-5-6-10(18-2)11(7-8)19-3/h5-7,9,13H,4H2,1-3H3,(H,14,15). The Hall–Kier alpha value is -1.80. The molecule has 20 heavy (non-hydrogen) atoms. The summed E-state index contributed by atoms with van der Waals surface area (Å²) in [6.45, 7) is 1.58. The molecule has 0 spiro atoms. The first kappa shape index (κ1) is 16.3. The number of aliphatic carboxylic acids is 1. The molecule has 0 aromatic heterocycles. The van der Waals surface area contributed by atoms with Gasteiger partial charge in [-0.2, -0.15) is 4.72 Å². The predicted molar refractivity (Wildman–Crippen MR) is 71.6 cm³/mol. The summed E-state index contributed by atoms with van der Waals surface area (Å²) in [7, 11) is -1.13. The van der Waals surface area contributed by atoms with Crippen molar-refractivity contribution in [2.75, 3.05) is 14.2 Å². The van der Waals surface area contributed by atoms with Crippen molar-refractivity contribution in [3.63, 3.8) is 0 Å². The van der Waals surface area contributed by atoms with E-state index < -0.39 is 22.0 Å². The molecule has 0 bridgehead atoms. The van der Waals surface area contributed by atoms with Gasteiger partial charge in [0.05, 0.1) is 19.1 Å². The Kier molecular flexibility index (Phi) is 5.34. The van der Waals surface area contributed by atoms with Crippen molar-refractivity contribution in [1.29, 1.82) is 0 Å². The van der Waals surface area contributed by atoms with Gasteiger partial charge in [-0.05, 0) is 18.6 Å². The van der Waals surface area contributed by atoms with E-state index in [2.05, 4.69) is 4.72 Å². The van der Waals surface area contributed by atoms with E-state index in [0.717, 1.165) is 0 Å². The lowest BCUT2D eigenvalue weighted by Gasteiger charge is -2.14. The molecule has 0 heterocycles. The lowest BCUT2D eigenvalue weighted by atomic mass is 10.2. The minimum Gasteiger partial charge on any atom is -0.493 e. The highest BCUT2D eigenvalue weighted by Crippen LogP contribution is 2.29. The van der Waals surface area contributed by atoms with Crippen LogP contribution in [0.4, 0.5) is 0 Å². The minimum absolute atomic E-state index is 0.0881. The van der Waals surface area contributed by atoms with Crippen LogP contribution in [-0.4, -0.2) is 39.8 Å². The Bertz CT molecular complexity index is 584. The number of benzene rings is 1. The molecule has 0 saturated carbocycles. The molecule has 0 radical (unpaired) electrons. The normalized spacial score (nSPS) is 12.8. The lowest BCUT2D eigenvalue weighted by Crippen LogP contribution is -2.40. The van der Waals surface area contributed by atoms with E-state index in [1.807, 2.05) is 0 Å². The van der Waals surface area contributed by atoms with Gasteiger partial charge in [0.1, 0.15) is 6.04 Å². The largest absolute Gasteiger partial charge is 0.493 e. The molecule has 0 saturated heterocycles. The third kappa shape index (κ3) is 3.61. The zero-order valence-corrected chi connectivity index (χ0v) is 12.2. The van der Waals surface area contributed by atoms with Crippen LogP contribution >= 0.6 is 0 Å². The van der Waals surface area contributed by atoms with E-state index in [0.29, 0.717) is 5.75 Å². The first-order valence-electron chi connectivity index (χ1n) is 5.82. The summed E-state index contributed by atoms with van der Waals surface area (Å²) in [5.74, 6) is -0.591. The number of carboxylic acid groups (broad SMARTS) is 1. The second-order valence-corrected chi connectivity index (χ2v) is 5.65. The molecule has 1 unspecified atom stereocenters. The number of methoxy groups -OCH3 is 2. The average Bonchev–Trinajstić information content (AvgIpc) is 2.43. The van der Waals surface area contributed by atoms with Gasteiger partial charge in [-0.3, -0.25) is 4.79 Å². The van der Waals surface area contributed by atoms with Gasteiger partial charge < -0.3 is 14.6 Å². The second-order valence-electron chi connectivity index (χ2n) is 3.94. The third-order valence-electron chi connectivity index (χ3n) is 2.67. The van der Waals surface area contributed by atoms with Crippen LogP contribution in [0, 0.1) is 0 Å². The third-order valence-corrected chi connectivity index (χ3v) is 4.14. The van der Waals surface area contributed by atoms with Crippen LogP contribution in [0.2, 0.25) is 0 Å². The van der Waals surface area contributed by atoms with Gasteiger partial charge in [-0.1, -0.05) is 6.92 Å². The highest BCUT2D eigenvalue weighted by Gasteiger charge is 2.24. The van der Waals surface area contributed by atoms with Crippen LogP contribution in [0.15, 0.2) is 23.1 Å². The fourth-order valence-corrected chi connectivity index (χ4v) is 2.83. The number of carbonyl (C=O) groups is 1. The number of ether oxygens (including phenoxy) is 2.